The molecule has 3 N–H and O–H groups in total. The van der Waals surface area contributed by atoms with E-state index in [2.05, 4.69) is 28.1 Å². The second-order valence-corrected chi connectivity index (χ2v) is 7.27. The van der Waals surface area contributed by atoms with Crippen molar-refractivity contribution in [2.24, 2.45) is 0 Å². The van der Waals surface area contributed by atoms with Crippen molar-refractivity contribution in [3.63, 3.8) is 0 Å². The lowest BCUT2D eigenvalue weighted by molar-refractivity contribution is -0.114. The van der Waals surface area contributed by atoms with E-state index in [1.165, 1.54) is 5.56 Å². The number of carbonyl (C=O) groups excluding carboxylic acids is 2. The van der Waals surface area contributed by atoms with Gasteiger partial charge in [-0.3, -0.25) is 9.59 Å². The van der Waals surface area contributed by atoms with Gasteiger partial charge in [0.2, 0.25) is 5.91 Å². The van der Waals surface area contributed by atoms with Crippen molar-refractivity contribution in [3.8, 4) is 5.75 Å². The number of aryl methyl sites for hydroxylation is 1. The summed E-state index contributed by atoms with van der Waals surface area (Å²) in [5.74, 6) is 0.357. The summed E-state index contributed by atoms with van der Waals surface area (Å²) in [6.45, 7) is 3.12. The molecule has 32 heavy (non-hydrogen) atoms. The summed E-state index contributed by atoms with van der Waals surface area (Å²) in [7, 11) is 0. The highest BCUT2D eigenvalue weighted by Crippen LogP contribution is 2.24. The first-order valence-corrected chi connectivity index (χ1v) is 10.8. The molecular formula is C26H29N3O3. The molecule has 0 aliphatic rings. The van der Waals surface area contributed by atoms with Crippen LogP contribution in [0.3, 0.4) is 0 Å². The minimum Gasteiger partial charge on any atom is -0.491 e. The zero-order chi connectivity index (χ0) is 22.6. The predicted octanol–water partition coefficient (Wildman–Crippen LogP) is 4.50. The van der Waals surface area contributed by atoms with Crippen molar-refractivity contribution < 1.29 is 14.3 Å². The summed E-state index contributed by atoms with van der Waals surface area (Å²) in [6.07, 6.45) is 1.83. The van der Waals surface area contributed by atoms with Gasteiger partial charge in [-0.15, -0.1) is 0 Å². The van der Waals surface area contributed by atoms with Crippen LogP contribution in [-0.2, 0) is 11.2 Å². The highest BCUT2D eigenvalue weighted by atomic mass is 16.5. The SMILES string of the molecule is CCNC(=O)c1ccc(NCC(=O)Nc2ccccc2OCCCc2ccccc2)cc1. The maximum Gasteiger partial charge on any atom is 0.251 e. The molecule has 3 aromatic rings. The highest BCUT2D eigenvalue weighted by molar-refractivity contribution is 5.96. The lowest BCUT2D eigenvalue weighted by Gasteiger charge is -2.13. The van der Waals surface area contributed by atoms with E-state index in [9.17, 15) is 9.59 Å². The number of anilines is 2. The standard InChI is InChI=1S/C26H29N3O3/c1-2-27-26(31)21-14-16-22(17-15-21)28-19-25(30)29-23-12-6-7-13-24(23)32-18-8-11-20-9-4-3-5-10-20/h3-7,9-10,12-17,28H,2,8,11,18-19H2,1H3,(H,27,31)(H,29,30). The van der Waals surface area contributed by atoms with Crippen molar-refractivity contribution in [2.75, 3.05) is 30.3 Å². The molecule has 2 amide bonds. The molecule has 0 radical (unpaired) electrons. The summed E-state index contributed by atoms with van der Waals surface area (Å²) < 4.78 is 5.90. The Morgan fingerprint density at radius 2 is 1.59 bits per heavy atom. The number of ether oxygens (including phenoxy) is 1. The molecule has 0 bridgehead atoms. The van der Waals surface area contributed by atoms with Gasteiger partial charge in [-0.25, -0.2) is 0 Å². The van der Waals surface area contributed by atoms with E-state index in [-0.39, 0.29) is 18.4 Å². The van der Waals surface area contributed by atoms with Crippen molar-refractivity contribution in [1.82, 2.24) is 5.32 Å². The van der Waals surface area contributed by atoms with Gasteiger partial charge >= 0.3 is 0 Å². The van der Waals surface area contributed by atoms with Crippen LogP contribution >= 0.6 is 0 Å². The fourth-order valence-corrected chi connectivity index (χ4v) is 3.18. The maximum atomic E-state index is 12.4. The Morgan fingerprint density at radius 3 is 2.34 bits per heavy atom. The van der Waals surface area contributed by atoms with Gasteiger partial charge < -0.3 is 20.7 Å². The van der Waals surface area contributed by atoms with Gasteiger partial charge in [-0.2, -0.15) is 0 Å². The fourth-order valence-electron chi connectivity index (χ4n) is 3.18. The molecule has 6 nitrogen and oxygen atoms in total. The third kappa shape index (κ3) is 7.16. The number of hydrogen-bond donors (Lipinski definition) is 3. The minimum atomic E-state index is -0.182. The number of amides is 2. The Hall–Kier alpha value is -3.80. The molecule has 0 spiro atoms. The van der Waals surface area contributed by atoms with E-state index in [1.54, 1.807) is 24.3 Å². The van der Waals surface area contributed by atoms with Crippen LogP contribution in [0.15, 0.2) is 78.9 Å². The largest absolute Gasteiger partial charge is 0.491 e. The van der Waals surface area contributed by atoms with Crippen LogP contribution in [0.25, 0.3) is 0 Å². The number of carbonyl (C=O) groups is 2. The Balaban J connectivity index is 1.46. The quantitative estimate of drug-likeness (QED) is 0.391. The number of benzene rings is 3. The first-order chi connectivity index (χ1) is 15.7. The Bertz CT molecular complexity index is 1000. The highest BCUT2D eigenvalue weighted by Gasteiger charge is 2.08. The van der Waals surface area contributed by atoms with Crippen molar-refractivity contribution in [3.05, 3.63) is 90.0 Å². The summed E-state index contributed by atoms with van der Waals surface area (Å²) in [4.78, 5) is 24.2. The average Bonchev–Trinajstić information content (AvgIpc) is 2.82. The van der Waals surface area contributed by atoms with Crippen LogP contribution in [0.4, 0.5) is 11.4 Å². The van der Waals surface area contributed by atoms with E-state index >= 15 is 0 Å². The molecule has 0 heterocycles. The monoisotopic (exact) mass is 431 g/mol. The number of nitrogens with one attached hydrogen (secondary N) is 3. The summed E-state index contributed by atoms with van der Waals surface area (Å²) >= 11 is 0. The van der Waals surface area contributed by atoms with Gasteiger partial charge in [0.05, 0.1) is 18.8 Å². The van der Waals surface area contributed by atoms with E-state index in [0.717, 1.165) is 18.5 Å². The molecule has 0 aliphatic carbocycles. The van der Waals surface area contributed by atoms with Crippen LogP contribution in [0.5, 0.6) is 5.75 Å². The first-order valence-electron chi connectivity index (χ1n) is 10.8. The van der Waals surface area contributed by atoms with Gasteiger partial charge in [0.15, 0.2) is 0 Å². The molecule has 0 aliphatic heterocycles. The molecule has 0 unspecified atom stereocenters. The lowest BCUT2D eigenvalue weighted by atomic mass is 10.1. The second-order valence-electron chi connectivity index (χ2n) is 7.27. The van der Waals surface area contributed by atoms with E-state index in [0.29, 0.717) is 30.2 Å². The Labute approximate surface area is 189 Å². The van der Waals surface area contributed by atoms with E-state index < -0.39 is 0 Å². The average molecular weight is 432 g/mol. The number of rotatable bonds is 11. The molecule has 3 rings (SSSR count). The van der Waals surface area contributed by atoms with Gasteiger partial charge in [-0.1, -0.05) is 42.5 Å². The zero-order valence-corrected chi connectivity index (χ0v) is 18.3. The molecular weight excluding hydrogens is 402 g/mol. The number of hydrogen-bond acceptors (Lipinski definition) is 4. The van der Waals surface area contributed by atoms with Gasteiger partial charge in [-0.05, 0) is 61.7 Å². The van der Waals surface area contributed by atoms with Crippen molar-refractivity contribution in [2.45, 2.75) is 19.8 Å². The lowest BCUT2D eigenvalue weighted by Crippen LogP contribution is -2.23. The fraction of sp³-hybridized carbons (Fsp3) is 0.231. The third-order valence-corrected chi connectivity index (χ3v) is 4.81. The maximum absolute atomic E-state index is 12.4. The van der Waals surface area contributed by atoms with Crippen molar-refractivity contribution >= 4 is 23.2 Å². The number of para-hydroxylation sites is 2. The summed E-state index contributed by atoms with van der Waals surface area (Å²) in [6, 6.07) is 24.7. The van der Waals surface area contributed by atoms with Crippen molar-refractivity contribution in [1.29, 1.82) is 0 Å². The molecule has 0 atom stereocenters. The van der Waals surface area contributed by atoms with E-state index in [4.69, 9.17) is 4.74 Å². The molecule has 0 aromatic heterocycles. The van der Waals surface area contributed by atoms with Gasteiger partial charge in [0.25, 0.3) is 5.91 Å². The smallest absolute Gasteiger partial charge is 0.251 e. The van der Waals surface area contributed by atoms with Gasteiger partial charge in [0.1, 0.15) is 5.75 Å². The Morgan fingerprint density at radius 1 is 0.875 bits per heavy atom. The Kier molecular flexibility index (Phi) is 8.69. The normalized spacial score (nSPS) is 10.3. The zero-order valence-electron chi connectivity index (χ0n) is 18.3. The second kappa shape index (κ2) is 12.2. The van der Waals surface area contributed by atoms with Crippen LogP contribution in [-0.4, -0.2) is 31.5 Å². The molecule has 0 saturated heterocycles. The topological polar surface area (TPSA) is 79.5 Å². The molecule has 3 aromatic carbocycles. The first kappa shape index (κ1) is 22.9. The summed E-state index contributed by atoms with van der Waals surface area (Å²) in [5.41, 5.74) is 3.27. The predicted molar refractivity (Wildman–Crippen MR) is 128 cm³/mol. The van der Waals surface area contributed by atoms with Crippen LogP contribution in [0.2, 0.25) is 0 Å². The molecule has 166 valence electrons. The van der Waals surface area contributed by atoms with Gasteiger partial charge in [0, 0.05) is 17.8 Å². The van der Waals surface area contributed by atoms with Crippen LogP contribution in [0, 0.1) is 0 Å². The molecule has 0 saturated carbocycles. The van der Waals surface area contributed by atoms with E-state index in [1.807, 2.05) is 49.4 Å². The van der Waals surface area contributed by atoms with Crippen LogP contribution < -0.4 is 20.7 Å². The third-order valence-electron chi connectivity index (χ3n) is 4.81. The summed E-state index contributed by atoms with van der Waals surface area (Å²) in [5, 5.41) is 8.72. The molecule has 0 fully saturated rings. The van der Waals surface area contributed by atoms with Crippen LogP contribution in [0.1, 0.15) is 29.3 Å². The molecule has 6 heteroatoms. The minimum absolute atomic E-state index is 0.100.